The van der Waals surface area contributed by atoms with E-state index in [9.17, 15) is 28.0 Å². The fourth-order valence-corrected chi connectivity index (χ4v) is 17.6. The molecule has 12 unspecified atom stereocenters. The molecule has 6 saturated heterocycles. The van der Waals surface area contributed by atoms with Gasteiger partial charge in [-0.05, 0) is 207 Å². The van der Waals surface area contributed by atoms with Crippen molar-refractivity contribution in [3.05, 3.63) is 252 Å². The van der Waals surface area contributed by atoms with Gasteiger partial charge in [-0.2, -0.15) is 20.4 Å². The number of carbonyl (C=O) groups excluding carboxylic acids is 4. The van der Waals surface area contributed by atoms with E-state index in [2.05, 4.69) is 90.8 Å². The van der Waals surface area contributed by atoms with E-state index >= 15 is 0 Å². The number of amides is 4. The first-order chi connectivity index (χ1) is 59.5. The van der Waals surface area contributed by atoms with E-state index < -0.39 is 48.3 Å². The zero-order valence-corrected chi connectivity index (χ0v) is 66.9. The Morgan fingerprint density at radius 3 is 1.40 bits per heavy atom. The van der Waals surface area contributed by atoms with E-state index in [1.54, 1.807) is 97.2 Å². The van der Waals surface area contributed by atoms with Crippen molar-refractivity contribution in [1.29, 1.82) is 0 Å². The fraction of sp³-hybridized carbons (Fsp3) is 0.364. The number of benzene rings is 2. The standard InChI is InChI=1S/2C23H21FN4O2.2C21H24N8O/c2*1-14-6-7-20(27-12-14)30-19-11-15-10-18(19)28(13-15)23(29)16-4-2-5-17(24)21(16)22-25-8-3-9-26-22;1-13-10-22-21(23-11-13)27-16-9-15-4-6-17(16)28(12-15)20(30)19-18(5-3-14(2)26-19)29-24-7-8-25-29;1-13-3-5-18(29-24-7-8-25-29)20(26-13)21(30)28-12-15-4-6-17(28)16(9-15)27-19-11-22-14(2)10-23-19/h2*2-9,12,15,18-19H,10-11,13H2,1H3;3,5,7-8,10-11,15-17H,4,6,9,12H2,1-2H3,(H,22,23,27);3,5,7-8,10-11,15-17H,4,6,9,12H2,1-2H3,(H,23,27)/i19D;13D2;;. The molecule has 8 bridgehead atoms. The Labute approximate surface area is 695 Å². The van der Waals surface area contributed by atoms with Crippen LogP contribution < -0.4 is 20.1 Å². The summed E-state index contributed by atoms with van der Waals surface area (Å²) in [5.74, 6) is 0.822. The minimum atomic E-state index is -1.87. The summed E-state index contributed by atoms with van der Waals surface area (Å²) in [6.45, 7) is 11.7. The number of rotatable bonds is 16. The molecule has 12 atom stereocenters. The maximum Gasteiger partial charge on any atom is 0.275 e. The van der Waals surface area contributed by atoms with Gasteiger partial charge in [0.2, 0.25) is 17.7 Å². The van der Waals surface area contributed by atoms with Gasteiger partial charge in [-0.3, -0.25) is 24.2 Å². The number of carbonyl (C=O) groups is 4. The quantitative estimate of drug-likeness (QED) is 0.0907. The molecule has 612 valence electrons. The second-order valence-corrected chi connectivity index (χ2v) is 31.7. The summed E-state index contributed by atoms with van der Waals surface area (Å²) in [7, 11) is 0. The molecule has 10 aromatic heterocycles. The Balaban J connectivity index is 0.000000116. The van der Waals surface area contributed by atoms with Crippen molar-refractivity contribution in [2.75, 3.05) is 36.8 Å². The maximum absolute atomic E-state index is 14.8. The van der Waals surface area contributed by atoms with Crippen molar-refractivity contribution < 1.29 is 41.5 Å². The van der Waals surface area contributed by atoms with Gasteiger partial charge in [-0.1, -0.05) is 24.3 Å². The van der Waals surface area contributed by atoms with Crippen molar-refractivity contribution >= 4 is 35.4 Å². The van der Waals surface area contributed by atoms with Crippen LogP contribution in [0.25, 0.3) is 34.2 Å². The Kier molecular flexibility index (Phi) is 21.7. The highest BCUT2D eigenvalue weighted by molar-refractivity contribution is 6.02. The monoisotopic (exact) mass is 1620 g/mol. The van der Waals surface area contributed by atoms with Gasteiger partial charge in [-0.15, -0.1) is 9.59 Å². The van der Waals surface area contributed by atoms with Crippen LogP contribution in [0.5, 0.6) is 11.8 Å². The van der Waals surface area contributed by atoms with Gasteiger partial charge < -0.3 is 39.7 Å². The first-order valence-electron chi connectivity index (χ1n) is 41.9. The molecule has 4 aliphatic carbocycles. The molecular weight excluding hydrogens is 1530 g/mol. The Morgan fingerprint density at radius 1 is 0.417 bits per heavy atom. The van der Waals surface area contributed by atoms with Gasteiger partial charge in [0.15, 0.2) is 23.0 Å². The smallest absolute Gasteiger partial charge is 0.275 e. The van der Waals surface area contributed by atoms with Gasteiger partial charge in [0.25, 0.3) is 23.6 Å². The Bertz CT molecular complexity index is 5640. The molecule has 0 radical (unpaired) electrons. The van der Waals surface area contributed by atoms with Crippen LogP contribution in [0, 0.1) is 76.8 Å². The molecule has 0 spiro atoms. The Morgan fingerprint density at radius 2 is 0.908 bits per heavy atom. The zero-order chi connectivity index (χ0) is 85.4. The summed E-state index contributed by atoms with van der Waals surface area (Å²) >= 11 is 0. The van der Waals surface area contributed by atoms with Crippen LogP contribution in [0.4, 0.5) is 20.5 Å². The van der Waals surface area contributed by atoms with E-state index in [1.807, 2.05) is 87.7 Å². The van der Waals surface area contributed by atoms with Crippen molar-refractivity contribution in [1.82, 2.24) is 109 Å². The van der Waals surface area contributed by atoms with Crippen LogP contribution >= 0.6 is 0 Å². The number of fused-ring (bicyclic) bond motifs is 10. The molecule has 16 heterocycles. The summed E-state index contributed by atoms with van der Waals surface area (Å²) in [4.78, 5) is 116. The number of aromatic nitrogens is 18. The predicted octanol–water partition coefficient (Wildman–Crippen LogP) is 11.7. The minimum Gasteiger partial charge on any atom is -0.472 e. The highest BCUT2D eigenvalue weighted by Gasteiger charge is 2.52. The molecular formula is C88H90F2N24O6. The Hall–Kier alpha value is -13.4. The largest absolute Gasteiger partial charge is 0.472 e. The lowest BCUT2D eigenvalue weighted by Gasteiger charge is -2.50. The summed E-state index contributed by atoms with van der Waals surface area (Å²) in [5.41, 5.74) is 7.74. The number of ether oxygens (including phenoxy) is 2. The highest BCUT2D eigenvalue weighted by Crippen LogP contribution is 2.45. The van der Waals surface area contributed by atoms with Gasteiger partial charge in [0.05, 0.1) is 90.7 Å². The minimum absolute atomic E-state index is 0.0276. The first kappa shape index (κ1) is 75.3. The van der Waals surface area contributed by atoms with Crippen molar-refractivity contribution in [3.8, 4) is 45.9 Å². The lowest BCUT2D eigenvalue weighted by atomic mass is 9.76. The van der Waals surface area contributed by atoms with E-state index in [0.717, 1.165) is 91.2 Å². The first-order valence-corrected chi connectivity index (χ1v) is 40.4. The van der Waals surface area contributed by atoms with E-state index in [-0.39, 0.29) is 87.6 Å². The van der Waals surface area contributed by atoms with E-state index in [4.69, 9.17) is 13.6 Å². The summed E-state index contributed by atoms with van der Waals surface area (Å²) in [5, 5.41) is 23.8. The van der Waals surface area contributed by atoms with E-state index in [0.29, 0.717) is 84.5 Å². The highest BCUT2D eigenvalue weighted by atomic mass is 19.1. The molecule has 10 aliphatic rings. The molecule has 4 amide bonds. The molecule has 2 aromatic carbocycles. The molecule has 120 heavy (non-hydrogen) atoms. The van der Waals surface area contributed by atoms with Gasteiger partial charge >= 0.3 is 0 Å². The van der Waals surface area contributed by atoms with Crippen molar-refractivity contribution in [2.45, 2.75) is 154 Å². The zero-order valence-electron chi connectivity index (χ0n) is 69.9. The number of pyridine rings is 4. The molecule has 30 nitrogen and oxygen atoms in total. The van der Waals surface area contributed by atoms with Gasteiger partial charge in [0.1, 0.15) is 41.0 Å². The molecule has 2 N–H and O–H groups in total. The van der Waals surface area contributed by atoms with Crippen LogP contribution in [0.2, 0.25) is 0 Å². The lowest BCUT2D eigenvalue weighted by Crippen LogP contribution is -2.60. The number of piperidine rings is 6. The molecule has 32 heteroatoms. The normalized spacial score (nSPS) is 24.0. The van der Waals surface area contributed by atoms with Crippen LogP contribution in [-0.2, 0) is 0 Å². The third-order valence-electron chi connectivity index (χ3n) is 23.2. The number of hydrogen-bond acceptors (Lipinski definition) is 24. The number of aryl methyl sites for hydroxylation is 6. The molecule has 6 aliphatic heterocycles. The number of likely N-dealkylation sites (tertiary alicyclic amines) is 2. The van der Waals surface area contributed by atoms with Crippen LogP contribution in [0.3, 0.4) is 0 Å². The average Bonchev–Trinajstić information content (AvgIpc) is 1.57. The summed E-state index contributed by atoms with van der Waals surface area (Å²) in [6, 6.07) is 26.0. The number of hydrogen-bond donors (Lipinski definition) is 2. The second kappa shape index (κ2) is 34.6. The van der Waals surface area contributed by atoms with Crippen molar-refractivity contribution in [2.24, 2.45) is 23.7 Å². The van der Waals surface area contributed by atoms with Crippen LogP contribution in [-0.4, -0.2) is 208 Å². The van der Waals surface area contributed by atoms with Crippen LogP contribution in [0.15, 0.2) is 184 Å². The maximum atomic E-state index is 14.8. The summed E-state index contributed by atoms with van der Waals surface area (Å²) < 4.78 is 67.7. The summed E-state index contributed by atoms with van der Waals surface area (Å²) in [6.07, 6.45) is 29.6. The fourth-order valence-electron chi connectivity index (χ4n) is 17.6. The SMILES string of the molecule is Cc1cnc(NC2CC3CCC2N(C(=O)c2nc(C)ccc2-n2nccn2)C3)cn1.Cc1cnc(NC2CC3CCC2N(C(=O)c2nc(C)ccc2-n2nccn2)C3)nc1.[2H]C1(Oc2ccc(C)cn2)CC2CC1N(C(=O)c1cccc(F)c1-c1ncccn1)C2.[2H]C1([2H])C2CC(Oc3ccc(C)cn3)C(C2)N1C(=O)c1cccc(F)c1-c1ncccn1. The second-order valence-electron chi connectivity index (χ2n) is 31.7. The van der Waals surface area contributed by atoms with Crippen molar-refractivity contribution in [3.63, 3.8) is 0 Å². The average molecular weight is 1620 g/mol. The predicted molar refractivity (Wildman–Crippen MR) is 437 cm³/mol. The lowest BCUT2D eigenvalue weighted by molar-refractivity contribution is 0.0272. The van der Waals surface area contributed by atoms with Gasteiger partial charge in [-0.25, -0.2) is 63.6 Å². The number of halogens is 2. The molecule has 12 aromatic rings. The molecule has 22 rings (SSSR count). The topological polar surface area (TPSA) is 340 Å². The molecule has 4 saturated carbocycles. The van der Waals surface area contributed by atoms with Crippen LogP contribution in [0.1, 0.15) is 144 Å². The van der Waals surface area contributed by atoms with E-state index in [1.165, 1.54) is 69.6 Å². The number of nitrogens with zero attached hydrogens (tertiary/aromatic N) is 22. The molecule has 10 fully saturated rings. The third-order valence-corrected chi connectivity index (χ3v) is 23.2. The number of nitrogens with one attached hydrogen (secondary N) is 2. The third kappa shape index (κ3) is 17.0. The number of anilines is 2. The van der Waals surface area contributed by atoms with Gasteiger partial charge in [0, 0.05) is 114 Å².